The summed E-state index contributed by atoms with van der Waals surface area (Å²) in [6.07, 6.45) is 7.33. The van der Waals surface area contributed by atoms with E-state index in [1.54, 1.807) is 0 Å². The Balaban J connectivity index is 2.03. The molecule has 0 radical (unpaired) electrons. The van der Waals surface area contributed by atoms with Gasteiger partial charge in [-0.25, -0.2) is 8.42 Å². The molecular formula is C14H26N2O4S. The molecular weight excluding hydrogens is 292 g/mol. The van der Waals surface area contributed by atoms with Crippen LogP contribution in [0.5, 0.6) is 0 Å². The van der Waals surface area contributed by atoms with E-state index < -0.39 is 16.1 Å². The molecule has 1 saturated heterocycles. The van der Waals surface area contributed by atoms with Crippen LogP contribution < -0.4 is 5.32 Å². The third kappa shape index (κ3) is 4.17. The lowest BCUT2D eigenvalue weighted by Gasteiger charge is -2.36. The molecule has 21 heavy (non-hydrogen) atoms. The minimum atomic E-state index is -3.36. The second-order valence-electron chi connectivity index (χ2n) is 6.23. The van der Waals surface area contributed by atoms with Gasteiger partial charge < -0.3 is 10.4 Å². The predicted octanol–water partition coefficient (Wildman–Crippen LogP) is 0.468. The highest BCUT2D eigenvalue weighted by Gasteiger charge is 2.36. The van der Waals surface area contributed by atoms with E-state index >= 15 is 0 Å². The number of rotatable bonds is 4. The fraction of sp³-hybridized carbons (Fsp3) is 0.929. The molecule has 2 rings (SSSR count). The van der Waals surface area contributed by atoms with Gasteiger partial charge in [0.2, 0.25) is 15.9 Å². The number of hydrogen-bond acceptors (Lipinski definition) is 4. The minimum absolute atomic E-state index is 0.0282. The molecule has 0 bridgehead atoms. The first kappa shape index (κ1) is 16.7. The monoisotopic (exact) mass is 318 g/mol. The second kappa shape index (κ2) is 7.07. The van der Waals surface area contributed by atoms with Crippen molar-refractivity contribution >= 4 is 15.9 Å². The van der Waals surface area contributed by atoms with Gasteiger partial charge in [0.25, 0.3) is 0 Å². The van der Waals surface area contributed by atoms with Crippen LogP contribution in [-0.4, -0.2) is 55.2 Å². The van der Waals surface area contributed by atoms with Crippen LogP contribution in [-0.2, 0) is 14.8 Å². The van der Waals surface area contributed by atoms with Crippen LogP contribution in [0.25, 0.3) is 0 Å². The Kier molecular flexibility index (Phi) is 5.62. The van der Waals surface area contributed by atoms with Crippen molar-refractivity contribution in [2.24, 2.45) is 5.92 Å². The van der Waals surface area contributed by atoms with Gasteiger partial charge >= 0.3 is 0 Å². The van der Waals surface area contributed by atoms with Crippen LogP contribution in [0.4, 0.5) is 0 Å². The molecule has 1 saturated carbocycles. The fourth-order valence-electron chi connectivity index (χ4n) is 3.46. The summed E-state index contributed by atoms with van der Waals surface area (Å²) in [5, 5.41) is 12.4. The molecule has 0 aromatic heterocycles. The summed E-state index contributed by atoms with van der Waals surface area (Å²) in [5.74, 6) is -0.108. The predicted molar refractivity (Wildman–Crippen MR) is 80.2 cm³/mol. The zero-order chi connectivity index (χ0) is 15.5. The maximum atomic E-state index is 12.5. The van der Waals surface area contributed by atoms with Crippen molar-refractivity contribution < 1.29 is 18.3 Å². The van der Waals surface area contributed by atoms with Gasteiger partial charge in [-0.05, 0) is 25.7 Å². The number of aliphatic hydroxyl groups excluding tert-OH is 1. The maximum absolute atomic E-state index is 12.5. The van der Waals surface area contributed by atoms with E-state index in [4.69, 9.17) is 0 Å². The van der Waals surface area contributed by atoms with Gasteiger partial charge in [-0.3, -0.25) is 4.79 Å². The Morgan fingerprint density at radius 3 is 2.52 bits per heavy atom. The first-order valence-electron chi connectivity index (χ1n) is 7.81. The molecule has 7 heteroatoms. The second-order valence-corrected chi connectivity index (χ2v) is 8.16. The summed E-state index contributed by atoms with van der Waals surface area (Å²) in [6.45, 7) is 0.496. The zero-order valence-corrected chi connectivity index (χ0v) is 13.4. The lowest BCUT2D eigenvalue weighted by Crippen LogP contribution is -2.55. The van der Waals surface area contributed by atoms with Crippen molar-refractivity contribution in [3.05, 3.63) is 0 Å². The van der Waals surface area contributed by atoms with Crippen molar-refractivity contribution in [3.8, 4) is 0 Å². The summed E-state index contributed by atoms with van der Waals surface area (Å²) in [7, 11) is -3.36. The molecule has 122 valence electrons. The first-order valence-corrected chi connectivity index (χ1v) is 9.66. The van der Waals surface area contributed by atoms with E-state index in [0.717, 1.165) is 44.8 Å². The number of carbonyl (C=O) groups is 1. The molecule has 1 aliphatic carbocycles. The van der Waals surface area contributed by atoms with E-state index in [2.05, 4.69) is 5.32 Å². The van der Waals surface area contributed by atoms with Crippen LogP contribution in [0.1, 0.15) is 44.9 Å². The van der Waals surface area contributed by atoms with Crippen molar-refractivity contribution in [3.63, 3.8) is 0 Å². The van der Waals surface area contributed by atoms with Gasteiger partial charge in [0.05, 0.1) is 6.26 Å². The number of piperidine rings is 1. The summed E-state index contributed by atoms with van der Waals surface area (Å²) in [4.78, 5) is 12.5. The Hall–Kier alpha value is -0.660. The SMILES string of the molecule is CS(=O)(=O)N1CCCCC1C(=O)NC1CCCCC1CO. The van der Waals surface area contributed by atoms with Crippen molar-refractivity contribution in [2.45, 2.75) is 57.0 Å². The van der Waals surface area contributed by atoms with Gasteiger partial charge in [0, 0.05) is 25.1 Å². The average molecular weight is 318 g/mol. The van der Waals surface area contributed by atoms with Gasteiger partial charge in [-0.15, -0.1) is 0 Å². The molecule has 1 heterocycles. The van der Waals surface area contributed by atoms with E-state index in [0.29, 0.717) is 13.0 Å². The lowest BCUT2D eigenvalue weighted by molar-refractivity contribution is -0.127. The number of aliphatic hydroxyl groups is 1. The maximum Gasteiger partial charge on any atom is 0.238 e. The van der Waals surface area contributed by atoms with Crippen LogP contribution in [0.2, 0.25) is 0 Å². The van der Waals surface area contributed by atoms with Crippen LogP contribution in [0.3, 0.4) is 0 Å². The first-order chi connectivity index (χ1) is 9.93. The Morgan fingerprint density at radius 1 is 1.19 bits per heavy atom. The molecule has 3 atom stereocenters. The molecule has 2 aliphatic rings. The molecule has 3 unspecified atom stereocenters. The van der Waals surface area contributed by atoms with Crippen LogP contribution in [0.15, 0.2) is 0 Å². The average Bonchev–Trinajstić information content (AvgIpc) is 2.47. The third-order valence-corrected chi connectivity index (χ3v) is 5.94. The van der Waals surface area contributed by atoms with Gasteiger partial charge in [-0.1, -0.05) is 19.3 Å². The van der Waals surface area contributed by atoms with Gasteiger partial charge in [-0.2, -0.15) is 4.31 Å². The smallest absolute Gasteiger partial charge is 0.238 e. The summed E-state index contributed by atoms with van der Waals surface area (Å²) >= 11 is 0. The highest BCUT2D eigenvalue weighted by Crippen LogP contribution is 2.25. The van der Waals surface area contributed by atoms with Crippen molar-refractivity contribution in [2.75, 3.05) is 19.4 Å². The molecule has 0 spiro atoms. The number of sulfonamides is 1. The number of carbonyl (C=O) groups excluding carboxylic acids is 1. The van der Waals surface area contributed by atoms with Crippen LogP contribution in [0, 0.1) is 5.92 Å². The van der Waals surface area contributed by atoms with Crippen molar-refractivity contribution in [1.29, 1.82) is 0 Å². The fourth-order valence-corrected chi connectivity index (χ4v) is 4.58. The Labute approximate surface area is 126 Å². The van der Waals surface area contributed by atoms with Gasteiger partial charge in [0.1, 0.15) is 6.04 Å². The number of nitrogens with zero attached hydrogens (tertiary/aromatic N) is 1. The number of amides is 1. The highest BCUT2D eigenvalue weighted by molar-refractivity contribution is 7.88. The molecule has 1 amide bonds. The Bertz CT molecular complexity index is 466. The molecule has 1 aliphatic heterocycles. The molecule has 6 nitrogen and oxygen atoms in total. The topological polar surface area (TPSA) is 86.7 Å². The summed E-state index contributed by atoms with van der Waals surface area (Å²) in [5.41, 5.74) is 0. The lowest BCUT2D eigenvalue weighted by atomic mass is 9.85. The van der Waals surface area contributed by atoms with Crippen molar-refractivity contribution in [1.82, 2.24) is 9.62 Å². The van der Waals surface area contributed by atoms with E-state index in [-0.39, 0.29) is 24.5 Å². The highest BCUT2D eigenvalue weighted by atomic mass is 32.2. The van der Waals surface area contributed by atoms with Gasteiger partial charge in [0.15, 0.2) is 0 Å². The molecule has 2 fully saturated rings. The summed E-state index contributed by atoms with van der Waals surface area (Å²) in [6, 6.07) is -0.616. The zero-order valence-electron chi connectivity index (χ0n) is 12.6. The number of hydrogen-bond donors (Lipinski definition) is 2. The standard InChI is InChI=1S/C14H26N2O4S/c1-21(19,20)16-9-5-4-8-13(16)14(18)15-12-7-3-2-6-11(12)10-17/h11-13,17H,2-10H2,1H3,(H,15,18). The van der Waals surface area contributed by atoms with Crippen LogP contribution >= 0.6 is 0 Å². The largest absolute Gasteiger partial charge is 0.396 e. The normalized spacial score (nSPS) is 31.8. The third-order valence-electron chi connectivity index (χ3n) is 4.65. The van der Waals surface area contributed by atoms with E-state index in [1.807, 2.05) is 0 Å². The molecule has 0 aromatic rings. The number of nitrogens with one attached hydrogen (secondary N) is 1. The molecule has 0 aromatic carbocycles. The molecule has 2 N–H and O–H groups in total. The van der Waals surface area contributed by atoms with E-state index in [9.17, 15) is 18.3 Å². The van der Waals surface area contributed by atoms with E-state index in [1.165, 1.54) is 4.31 Å². The summed E-state index contributed by atoms with van der Waals surface area (Å²) < 4.78 is 25.0. The minimum Gasteiger partial charge on any atom is -0.396 e. The quantitative estimate of drug-likeness (QED) is 0.789. The Morgan fingerprint density at radius 2 is 1.86 bits per heavy atom.